The molecule has 0 aromatic heterocycles. The molecule has 1 unspecified atom stereocenters. The topological polar surface area (TPSA) is 47.6 Å². The minimum absolute atomic E-state index is 0.122. The van der Waals surface area contributed by atoms with Crippen molar-refractivity contribution in [2.45, 2.75) is 46.6 Å². The molecule has 0 bridgehead atoms. The zero-order chi connectivity index (χ0) is 18.9. The molecule has 0 aliphatic rings. The van der Waals surface area contributed by atoms with Crippen molar-refractivity contribution in [2.24, 2.45) is 5.92 Å². The Bertz CT molecular complexity index is 695. The van der Waals surface area contributed by atoms with Gasteiger partial charge in [0.2, 0.25) is 0 Å². The highest BCUT2D eigenvalue weighted by Gasteiger charge is 2.09. The number of hydrogen-bond acceptors (Lipinski definition) is 3. The molecule has 1 N–H and O–H groups in total. The summed E-state index contributed by atoms with van der Waals surface area (Å²) in [5.41, 5.74) is 1.31. The Kier molecular flexibility index (Phi) is 7.52. The molecular formula is C22H29NO3. The maximum absolute atomic E-state index is 12.5. The Morgan fingerprint density at radius 2 is 1.77 bits per heavy atom. The van der Waals surface area contributed by atoms with E-state index in [2.05, 4.69) is 26.1 Å². The van der Waals surface area contributed by atoms with Gasteiger partial charge in [0.15, 0.2) is 0 Å². The van der Waals surface area contributed by atoms with Crippen LogP contribution >= 0.6 is 0 Å². The van der Waals surface area contributed by atoms with Gasteiger partial charge >= 0.3 is 0 Å². The molecule has 4 nitrogen and oxygen atoms in total. The number of amides is 1. The average Bonchev–Trinajstić information content (AvgIpc) is 2.63. The fourth-order valence-corrected chi connectivity index (χ4v) is 2.28. The van der Waals surface area contributed by atoms with E-state index in [1.54, 1.807) is 12.1 Å². The molecule has 2 aromatic rings. The lowest BCUT2D eigenvalue weighted by atomic mass is 10.1. The van der Waals surface area contributed by atoms with E-state index in [-0.39, 0.29) is 12.0 Å². The molecule has 0 aliphatic carbocycles. The molecule has 4 heteroatoms. The molecule has 0 heterocycles. The molecule has 1 amide bonds. The number of nitrogens with one attached hydrogen (secondary N) is 1. The second-order valence-corrected chi connectivity index (χ2v) is 6.87. The third kappa shape index (κ3) is 6.43. The minimum Gasteiger partial charge on any atom is -0.494 e. The molecule has 26 heavy (non-hydrogen) atoms. The summed E-state index contributed by atoms with van der Waals surface area (Å²) in [6.07, 6.45) is 2.06. The van der Waals surface area contributed by atoms with Crippen LogP contribution in [0.15, 0.2) is 48.5 Å². The summed E-state index contributed by atoms with van der Waals surface area (Å²) in [4.78, 5) is 12.5. The van der Waals surface area contributed by atoms with Gasteiger partial charge in [0.1, 0.15) is 11.5 Å². The summed E-state index contributed by atoms with van der Waals surface area (Å²) in [5, 5.41) is 2.90. The number of rotatable bonds is 9. The summed E-state index contributed by atoms with van der Waals surface area (Å²) in [7, 11) is 0. The SMILES string of the molecule is CCC(C)Oc1cccc(C(=O)Nc2ccc(OCCC(C)C)cc2)c1. The maximum Gasteiger partial charge on any atom is 0.255 e. The predicted octanol–water partition coefficient (Wildman–Crippen LogP) is 5.54. The highest BCUT2D eigenvalue weighted by Crippen LogP contribution is 2.19. The Hall–Kier alpha value is -2.49. The first kappa shape index (κ1) is 19.8. The summed E-state index contributed by atoms with van der Waals surface area (Å²) >= 11 is 0. The maximum atomic E-state index is 12.5. The van der Waals surface area contributed by atoms with Crippen molar-refractivity contribution in [3.8, 4) is 11.5 Å². The normalized spacial score (nSPS) is 11.9. The van der Waals surface area contributed by atoms with Crippen LogP contribution in [0, 0.1) is 5.92 Å². The van der Waals surface area contributed by atoms with E-state index in [1.165, 1.54) is 0 Å². The highest BCUT2D eigenvalue weighted by atomic mass is 16.5. The Morgan fingerprint density at radius 1 is 1.04 bits per heavy atom. The summed E-state index contributed by atoms with van der Waals surface area (Å²) in [6.45, 7) is 9.12. The van der Waals surface area contributed by atoms with Crippen molar-refractivity contribution in [1.29, 1.82) is 0 Å². The van der Waals surface area contributed by atoms with Gasteiger partial charge in [-0.25, -0.2) is 0 Å². The van der Waals surface area contributed by atoms with Gasteiger partial charge in [0, 0.05) is 11.3 Å². The molecule has 0 saturated heterocycles. The molecule has 0 radical (unpaired) electrons. The van der Waals surface area contributed by atoms with Crippen LogP contribution < -0.4 is 14.8 Å². The Labute approximate surface area is 156 Å². The van der Waals surface area contributed by atoms with Gasteiger partial charge in [0.25, 0.3) is 5.91 Å². The number of hydrogen-bond donors (Lipinski definition) is 1. The van der Waals surface area contributed by atoms with Crippen LogP contribution in [0.5, 0.6) is 11.5 Å². The van der Waals surface area contributed by atoms with E-state index in [0.717, 1.165) is 24.3 Å². The number of carbonyl (C=O) groups is 1. The van der Waals surface area contributed by atoms with Gasteiger partial charge < -0.3 is 14.8 Å². The highest BCUT2D eigenvalue weighted by molar-refractivity contribution is 6.04. The molecular weight excluding hydrogens is 326 g/mol. The number of anilines is 1. The zero-order valence-corrected chi connectivity index (χ0v) is 16.1. The van der Waals surface area contributed by atoms with Gasteiger partial charge in [0.05, 0.1) is 12.7 Å². The van der Waals surface area contributed by atoms with E-state index >= 15 is 0 Å². The van der Waals surface area contributed by atoms with Crippen LogP contribution in [0.3, 0.4) is 0 Å². The predicted molar refractivity (Wildman–Crippen MR) is 106 cm³/mol. The summed E-state index contributed by atoms with van der Waals surface area (Å²) in [5.74, 6) is 1.98. The molecule has 2 aromatic carbocycles. The van der Waals surface area contributed by atoms with Gasteiger partial charge in [-0.1, -0.05) is 26.8 Å². The molecule has 0 fully saturated rings. The first-order chi connectivity index (χ1) is 12.5. The second kappa shape index (κ2) is 9.85. The fraction of sp³-hybridized carbons (Fsp3) is 0.409. The monoisotopic (exact) mass is 355 g/mol. The van der Waals surface area contributed by atoms with Crippen molar-refractivity contribution in [3.63, 3.8) is 0 Å². The molecule has 0 spiro atoms. The van der Waals surface area contributed by atoms with E-state index in [0.29, 0.717) is 23.8 Å². The Balaban J connectivity index is 1.93. The van der Waals surface area contributed by atoms with Crippen LogP contribution in [0.4, 0.5) is 5.69 Å². The first-order valence-corrected chi connectivity index (χ1v) is 9.29. The summed E-state index contributed by atoms with van der Waals surface area (Å²) < 4.78 is 11.5. The number of benzene rings is 2. The quantitative estimate of drug-likeness (QED) is 0.642. The molecule has 2 rings (SSSR count). The first-order valence-electron chi connectivity index (χ1n) is 9.29. The van der Waals surface area contributed by atoms with Gasteiger partial charge in [-0.2, -0.15) is 0 Å². The van der Waals surface area contributed by atoms with E-state index < -0.39 is 0 Å². The van der Waals surface area contributed by atoms with Crippen LogP contribution in [-0.2, 0) is 0 Å². The van der Waals surface area contributed by atoms with Crippen LogP contribution in [0.25, 0.3) is 0 Å². The zero-order valence-electron chi connectivity index (χ0n) is 16.1. The van der Waals surface area contributed by atoms with Crippen molar-refractivity contribution in [2.75, 3.05) is 11.9 Å². The van der Waals surface area contributed by atoms with E-state index in [1.807, 2.05) is 43.3 Å². The lowest BCUT2D eigenvalue weighted by molar-refractivity contribution is 0.102. The average molecular weight is 355 g/mol. The minimum atomic E-state index is -0.159. The summed E-state index contributed by atoms with van der Waals surface area (Å²) in [6, 6.07) is 14.7. The van der Waals surface area contributed by atoms with Gasteiger partial charge in [-0.3, -0.25) is 4.79 Å². The van der Waals surface area contributed by atoms with Crippen molar-refractivity contribution in [3.05, 3.63) is 54.1 Å². The molecule has 0 aliphatic heterocycles. The molecule has 0 saturated carbocycles. The number of carbonyl (C=O) groups excluding carboxylic acids is 1. The standard InChI is InChI=1S/C22H29NO3/c1-5-17(4)26-21-8-6-7-18(15-21)22(24)23-19-9-11-20(12-10-19)25-14-13-16(2)3/h6-12,15-17H,5,13-14H2,1-4H3,(H,23,24). The second-order valence-electron chi connectivity index (χ2n) is 6.87. The van der Waals surface area contributed by atoms with Gasteiger partial charge in [-0.05, 0) is 68.1 Å². The smallest absolute Gasteiger partial charge is 0.255 e. The molecule has 1 atom stereocenters. The third-order valence-corrected chi connectivity index (χ3v) is 4.08. The number of ether oxygens (including phenoxy) is 2. The van der Waals surface area contributed by atoms with Crippen molar-refractivity contribution >= 4 is 11.6 Å². The van der Waals surface area contributed by atoms with E-state index in [4.69, 9.17) is 9.47 Å². The van der Waals surface area contributed by atoms with Crippen LogP contribution in [-0.4, -0.2) is 18.6 Å². The van der Waals surface area contributed by atoms with Crippen LogP contribution in [0.2, 0.25) is 0 Å². The third-order valence-electron chi connectivity index (χ3n) is 4.08. The van der Waals surface area contributed by atoms with Crippen molar-refractivity contribution < 1.29 is 14.3 Å². The largest absolute Gasteiger partial charge is 0.494 e. The van der Waals surface area contributed by atoms with Crippen molar-refractivity contribution in [1.82, 2.24) is 0 Å². The van der Waals surface area contributed by atoms with E-state index in [9.17, 15) is 4.79 Å². The van der Waals surface area contributed by atoms with Gasteiger partial charge in [-0.15, -0.1) is 0 Å². The fourth-order valence-electron chi connectivity index (χ4n) is 2.28. The molecule has 140 valence electrons. The Morgan fingerprint density at radius 3 is 2.42 bits per heavy atom. The lowest BCUT2D eigenvalue weighted by Crippen LogP contribution is -2.13. The lowest BCUT2D eigenvalue weighted by Gasteiger charge is -2.13. The van der Waals surface area contributed by atoms with Crippen LogP contribution in [0.1, 0.15) is 50.9 Å².